The smallest absolute Gasteiger partial charge is 0.0827 e. The highest BCUT2D eigenvalue weighted by atomic mass is 19.1. The van der Waals surface area contributed by atoms with Crippen molar-refractivity contribution >= 4 is 0 Å². The van der Waals surface area contributed by atoms with Gasteiger partial charge in [0.25, 0.3) is 0 Å². The second-order valence-electron chi connectivity index (χ2n) is 11.7. The number of hydrogen-bond donors (Lipinski definition) is 0. The first kappa shape index (κ1) is 24.7. The highest BCUT2D eigenvalue weighted by Gasteiger charge is 2.31. The minimum atomic E-state index is 0.703. The van der Waals surface area contributed by atoms with Gasteiger partial charge in [0.2, 0.25) is 0 Å². The lowest BCUT2D eigenvalue weighted by Crippen LogP contribution is -2.13. The van der Waals surface area contributed by atoms with Gasteiger partial charge in [-0.05, 0) is 143 Å². The Morgan fingerprint density at radius 3 is 2.00 bits per heavy atom. The second-order valence-corrected chi connectivity index (χ2v) is 11.7. The molecule has 0 heterocycles. The van der Waals surface area contributed by atoms with E-state index in [9.17, 15) is 4.39 Å². The summed E-state index contributed by atoms with van der Waals surface area (Å²) in [7, 11) is 0. The summed E-state index contributed by atoms with van der Waals surface area (Å²) >= 11 is 0. The van der Waals surface area contributed by atoms with E-state index < -0.39 is 0 Å². The van der Waals surface area contributed by atoms with Crippen LogP contribution in [0.4, 0.5) is 4.39 Å². The number of halogens is 1. The molecule has 0 radical (unpaired) electrons. The van der Waals surface area contributed by atoms with Gasteiger partial charge < -0.3 is 0 Å². The summed E-state index contributed by atoms with van der Waals surface area (Å²) in [5.41, 5.74) is 3.13. The van der Waals surface area contributed by atoms with E-state index in [0.717, 1.165) is 41.9 Å². The molecule has 2 atom stereocenters. The number of allylic oxidation sites excluding steroid dienone is 3. The van der Waals surface area contributed by atoms with Crippen LogP contribution in [0.3, 0.4) is 0 Å². The molecule has 0 saturated heterocycles. The van der Waals surface area contributed by atoms with E-state index in [2.05, 4.69) is 43.3 Å². The lowest BCUT2D eigenvalue weighted by Gasteiger charge is -2.29. The molecule has 3 aliphatic carbocycles. The van der Waals surface area contributed by atoms with Crippen molar-refractivity contribution in [3.8, 4) is 0 Å². The van der Waals surface area contributed by atoms with E-state index in [1.807, 2.05) is 0 Å². The Kier molecular flexibility index (Phi) is 9.68. The van der Waals surface area contributed by atoms with E-state index in [1.165, 1.54) is 89.9 Å². The standard InChI is InChI=1S/C32H47F/c1-25-24-32(25)22-17-29-15-20-31(21-16-29)30-18-13-28(14-19-30)7-3-2-6-26-9-11-27(12-10-26)8-4-5-23-33/h2,5-6,15-16,20-21,23,25-28,30,32H,3-4,7-14,17-19,22,24H2,1H3/b6-2?,23-5-. The van der Waals surface area contributed by atoms with Crippen LogP contribution in [0.5, 0.6) is 0 Å². The quantitative estimate of drug-likeness (QED) is 0.294. The first-order valence-electron chi connectivity index (χ1n) is 14.2. The summed E-state index contributed by atoms with van der Waals surface area (Å²) in [4.78, 5) is 0. The molecule has 1 aromatic carbocycles. The average molecular weight is 451 g/mol. The molecule has 1 heteroatoms. The number of benzene rings is 1. The van der Waals surface area contributed by atoms with Gasteiger partial charge in [0.15, 0.2) is 0 Å². The third-order valence-corrected chi connectivity index (χ3v) is 9.25. The van der Waals surface area contributed by atoms with Crippen molar-refractivity contribution in [1.29, 1.82) is 0 Å². The normalized spacial score (nSPS) is 32.5. The van der Waals surface area contributed by atoms with Crippen molar-refractivity contribution in [3.63, 3.8) is 0 Å². The number of rotatable bonds is 11. The maximum Gasteiger partial charge on any atom is 0.0827 e. The number of hydrogen-bond acceptors (Lipinski definition) is 0. The molecule has 3 fully saturated rings. The van der Waals surface area contributed by atoms with E-state index >= 15 is 0 Å². The molecule has 0 nitrogen and oxygen atoms in total. The summed E-state index contributed by atoms with van der Waals surface area (Å²) in [5, 5.41) is 0. The van der Waals surface area contributed by atoms with Gasteiger partial charge in [0, 0.05) is 0 Å². The van der Waals surface area contributed by atoms with Crippen LogP contribution in [-0.2, 0) is 6.42 Å². The molecule has 0 aromatic heterocycles. The molecule has 3 aliphatic rings. The highest BCUT2D eigenvalue weighted by molar-refractivity contribution is 5.26. The van der Waals surface area contributed by atoms with Gasteiger partial charge in [-0.1, -0.05) is 49.4 Å². The average Bonchev–Trinajstić information content (AvgIpc) is 3.57. The Morgan fingerprint density at radius 2 is 1.39 bits per heavy atom. The van der Waals surface area contributed by atoms with Crippen LogP contribution in [0.1, 0.15) is 114 Å². The Hall–Kier alpha value is -1.37. The van der Waals surface area contributed by atoms with E-state index in [0.29, 0.717) is 6.33 Å². The van der Waals surface area contributed by atoms with Gasteiger partial charge in [0.1, 0.15) is 0 Å². The maximum atomic E-state index is 12.1. The Labute approximate surface area is 203 Å². The van der Waals surface area contributed by atoms with E-state index in [1.54, 1.807) is 17.2 Å². The first-order chi connectivity index (χ1) is 16.2. The van der Waals surface area contributed by atoms with Crippen LogP contribution < -0.4 is 0 Å². The van der Waals surface area contributed by atoms with E-state index in [-0.39, 0.29) is 0 Å². The molecule has 4 rings (SSSR count). The molecular weight excluding hydrogens is 403 g/mol. The fourth-order valence-corrected chi connectivity index (χ4v) is 6.58. The molecule has 33 heavy (non-hydrogen) atoms. The lowest BCUT2D eigenvalue weighted by molar-refractivity contribution is 0.296. The molecule has 0 N–H and O–H groups in total. The monoisotopic (exact) mass is 450 g/mol. The van der Waals surface area contributed by atoms with Gasteiger partial charge in [-0.3, -0.25) is 0 Å². The van der Waals surface area contributed by atoms with Crippen LogP contribution >= 0.6 is 0 Å². The summed E-state index contributed by atoms with van der Waals surface area (Å²) in [6, 6.07) is 9.69. The summed E-state index contributed by atoms with van der Waals surface area (Å²) in [6.45, 7) is 2.39. The second kappa shape index (κ2) is 12.9. The fourth-order valence-electron chi connectivity index (χ4n) is 6.58. The Bertz CT molecular complexity index is 728. The summed E-state index contributed by atoms with van der Waals surface area (Å²) in [6.07, 6.45) is 27.2. The summed E-state index contributed by atoms with van der Waals surface area (Å²) < 4.78 is 12.1. The molecular formula is C32H47F. The largest absolute Gasteiger partial charge is 0.216 e. The van der Waals surface area contributed by atoms with Crippen molar-refractivity contribution in [3.05, 3.63) is 60.0 Å². The predicted octanol–water partition coefficient (Wildman–Crippen LogP) is 9.96. The Morgan fingerprint density at radius 1 is 0.788 bits per heavy atom. The SMILES string of the molecule is CC1CC1CCc1ccc(C2CCC(CCC=CC3CCC(CC/C=C\F)CC3)CC2)cc1. The highest BCUT2D eigenvalue weighted by Crippen LogP contribution is 2.41. The molecule has 1 aromatic rings. The van der Waals surface area contributed by atoms with Crippen LogP contribution in [-0.4, -0.2) is 0 Å². The topological polar surface area (TPSA) is 0 Å². The third-order valence-electron chi connectivity index (χ3n) is 9.25. The van der Waals surface area contributed by atoms with Gasteiger partial charge in [-0.25, -0.2) is 4.39 Å². The van der Waals surface area contributed by atoms with Crippen molar-refractivity contribution < 1.29 is 4.39 Å². The molecule has 0 amide bonds. The minimum absolute atomic E-state index is 0.703. The first-order valence-corrected chi connectivity index (χ1v) is 14.2. The zero-order chi connectivity index (χ0) is 22.9. The van der Waals surface area contributed by atoms with Gasteiger partial charge in [-0.2, -0.15) is 0 Å². The van der Waals surface area contributed by atoms with Crippen LogP contribution in [0, 0.1) is 29.6 Å². The number of aryl methyl sites for hydroxylation is 1. The minimum Gasteiger partial charge on any atom is -0.216 e. The van der Waals surface area contributed by atoms with Crippen molar-refractivity contribution in [2.24, 2.45) is 29.6 Å². The molecule has 0 aliphatic heterocycles. The van der Waals surface area contributed by atoms with Crippen molar-refractivity contribution in [2.45, 2.75) is 109 Å². The molecule has 182 valence electrons. The Balaban J connectivity index is 1.08. The van der Waals surface area contributed by atoms with E-state index in [4.69, 9.17) is 0 Å². The van der Waals surface area contributed by atoms with Gasteiger partial charge in [0.05, 0.1) is 6.33 Å². The van der Waals surface area contributed by atoms with Crippen LogP contribution in [0.15, 0.2) is 48.8 Å². The summed E-state index contributed by atoms with van der Waals surface area (Å²) in [5.74, 6) is 5.34. The fraction of sp³-hybridized carbons (Fsp3) is 0.688. The molecule has 0 bridgehead atoms. The third kappa shape index (κ3) is 8.11. The van der Waals surface area contributed by atoms with Crippen molar-refractivity contribution in [1.82, 2.24) is 0 Å². The maximum absolute atomic E-state index is 12.1. The van der Waals surface area contributed by atoms with Crippen molar-refractivity contribution in [2.75, 3.05) is 0 Å². The molecule has 0 spiro atoms. The van der Waals surface area contributed by atoms with Gasteiger partial charge >= 0.3 is 0 Å². The lowest BCUT2D eigenvalue weighted by atomic mass is 9.77. The van der Waals surface area contributed by atoms with Crippen LogP contribution in [0.25, 0.3) is 0 Å². The molecule has 2 unspecified atom stereocenters. The zero-order valence-electron chi connectivity index (χ0n) is 21.1. The van der Waals surface area contributed by atoms with Gasteiger partial charge in [-0.15, -0.1) is 0 Å². The predicted molar refractivity (Wildman–Crippen MR) is 140 cm³/mol. The molecule has 3 saturated carbocycles. The van der Waals surface area contributed by atoms with Crippen LogP contribution in [0.2, 0.25) is 0 Å². The zero-order valence-corrected chi connectivity index (χ0v) is 21.1.